The van der Waals surface area contributed by atoms with Gasteiger partial charge in [-0.1, -0.05) is 25.0 Å². The van der Waals surface area contributed by atoms with E-state index in [0.29, 0.717) is 18.2 Å². The first-order valence-corrected chi connectivity index (χ1v) is 10.3. The number of aliphatic imine (C=N–C) groups is 1. The van der Waals surface area contributed by atoms with Crippen LogP contribution in [0.5, 0.6) is 0 Å². The summed E-state index contributed by atoms with van der Waals surface area (Å²) in [5, 5.41) is 9.63. The van der Waals surface area contributed by atoms with Crippen molar-refractivity contribution < 1.29 is 4.79 Å². The van der Waals surface area contributed by atoms with Crippen LogP contribution in [-0.2, 0) is 6.54 Å². The number of nitrogens with zero attached hydrogens (tertiary/aromatic N) is 2. The average molecular weight is 499 g/mol. The molecule has 3 rings (SSSR count). The molecule has 1 aliphatic carbocycles. The van der Waals surface area contributed by atoms with E-state index in [1.165, 1.54) is 38.6 Å². The first-order valence-electron chi connectivity index (χ1n) is 10.3. The summed E-state index contributed by atoms with van der Waals surface area (Å²) in [6, 6.07) is 8.90. The van der Waals surface area contributed by atoms with Crippen LogP contribution in [0.4, 0.5) is 0 Å². The minimum Gasteiger partial charge on any atom is -0.357 e. The Bertz CT molecular complexity index is 660. The molecule has 156 valence electrons. The largest absolute Gasteiger partial charge is 0.357 e. The highest BCUT2D eigenvalue weighted by Crippen LogP contribution is 2.26. The van der Waals surface area contributed by atoms with Gasteiger partial charge >= 0.3 is 0 Å². The van der Waals surface area contributed by atoms with E-state index in [1.807, 2.05) is 24.3 Å². The highest BCUT2D eigenvalue weighted by molar-refractivity contribution is 14.0. The van der Waals surface area contributed by atoms with E-state index in [-0.39, 0.29) is 29.9 Å². The number of rotatable bonds is 6. The molecule has 1 unspecified atom stereocenters. The number of likely N-dealkylation sites (tertiary alicyclic amines) is 1. The van der Waals surface area contributed by atoms with Crippen LogP contribution >= 0.6 is 24.0 Å². The van der Waals surface area contributed by atoms with Gasteiger partial charge in [0.25, 0.3) is 5.91 Å². The number of benzene rings is 1. The van der Waals surface area contributed by atoms with Crippen molar-refractivity contribution in [1.29, 1.82) is 0 Å². The monoisotopic (exact) mass is 499 g/mol. The number of carbonyl (C=O) groups is 1. The average Bonchev–Trinajstić information content (AvgIpc) is 3.37. The Labute approximate surface area is 186 Å². The lowest BCUT2D eigenvalue weighted by atomic mass is 10.1. The van der Waals surface area contributed by atoms with Gasteiger partial charge in [-0.2, -0.15) is 0 Å². The molecule has 28 heavy (non-hydrogen) atoms. The van der Waals surface area contributed by atoms with E-state index in [1.54, 1.807) is 7.05 Å². The molecule has 2 fully saturated rings. The lowest BCUT2D eigenvalue weighted by molar-refractivity contribution is 0.0963. The van der Waals surface area contributed by atoms with Crippen LogP contribution in [0.3, 0.4) is 0 Å². The Morgan fingerprint density at radius 2 is 2.04 bits per heavy atom. The minimum atomic E-state index is -0.0659. The Morgan fingerprint density at radius 3 is 2.75 bits per heavy atom. The molecule has 1 saturated carbocycles. The van der Waals surface area contributed by atoms with Gasteiger partial charge in [-0.3, -0.25) is 9.69 Å². The van der Waals surface area contributed by atoms with Crippen molar-refractivity contribution in [2.24, 2.45) is 4.99 Å². The Kier molecular flexibility index (Phi) is 9.50. The molecule has 0 spiro atoms. The molecule has 2 aliphatic rings. The second-order valence-corrected chi connectivity index (χ2v) is 7.54. The highest BCUT2D eigenvalue weighted by Gasteiger charge is 2.30. The summed E-state index contributed by atoms with van der Waals surface area (Å²) in [5.74, 6) is 0.796. The van der Waals surface area contributed by atoms with Crippen LogP contribution in [0.25, 0.3) is 0 Å². The maximum absolute atomic E-state index is 11.8. The van der Waals surface area contributed by atoms with Gasteiger partial charge in [0.15, 0.2) is 5.96 Å². The van der Waals surface area contributed by atoms with Crippen molar-refractivity contribution >= 4 is 35.8 Å². The zero-order valence-corrected chi connectivity index (χ0v) is 19.4. The van der Waals surface area contributed by atoms with Crippen molar-refractivity contribution in [1.82, 2.24) is 20.9 Å². The van der Waals surface area contributed by atoms with Gasteiger partial charge in [0.05, 0.1) is 6.54 Å². The predicted molar refractivity (Wildman–Crippen MR) is 125 cm³/mol. The van der Waals surface area contributed by atoms with Gasteiger partial charge in [0.1, 0.15) is 0 Å². The molecule has 7 heteroatoms. The molecule has 0 bridgehead atoms. The molecule has 1 aromatic rings. The molecular formula is C21H34IN5O. The second-order valence-electron chi connectivity index (χ2n) is 7.54. The SMILES string of the molecule is CCNC(=NCc1cccc(C(=O)NC)c1)NC1CCN(C2CCCC2)C1.I. The van der Waals surface area contributed by atoms with E-state index in [9.17, 15) is 4.79 Å². The fourth-order valence-electron chi connectivity index (χ4n) is 4.15. The highest BCUT2D eigenvalue weighted by atomic mass is 127. The molecule has 0 aromatic heterocycles. The number of nitrogens with one attached hydrogen (secondary N) is 3. The molecule has 1 amide bonds. The van der Waals surface area contributed by atoms with Crippen molar-refractivity contribution in [2.75, 3.05) is 26.7 Å². The lowest BCUT2D eigenvalue weighted by Gasteiger charge is -2.24. The van der Waals surface area contributed by atoms with Crippen LogP contribution < -0.4 is 16.0 Å². The summed E-state index contributed by atoms with van der Waals surface area (Å²) in [6.45, 7) is 5.78. The molecule has 1 heterocycles. The summed E-state index contributed by atoms with van der Waals surface area (Å²) < 4.78 is 0. The van der Waals surface area contributed by atoms with Gasteiger partial charge in [-0.05, 0) is 43.9 Å². The lowest BCUT2D eigenvalue weighted by Crippen LogP contribution is -2.45. The summed E-state index contributed by atoms with van der Waals surface area (Å²) in [6.07, 6.45) is 6.68. The smallest absolute Gasteiger partial charge is 0.251 e. The Balaban J connectivity index is 0.00000280. The molecule has 6 nitrogen and oxygen atoms in total. The standard InChI is InChI=1S/C21H33N5O.HI/c1-3-23-21(24-14-16-7-6-8-17(13-16)20(27)22-2)25-18-11-12-26(15-18)19-9-4-5-10-19;/h6-8,13,18-19H,3-5,9-12,14-15H2,1-2H3,(H,22,27)(H2,23,24,25);1H. The number of hydrogen-bond acceptors (Lipinski definition) is 3. The minimum absolute atomic E-state index is 0. The predicted octanol–water partition coefficient (Wildman–Crippen LogP) is 2.74. The normalized spacial score (nSPS) is 20.6. The molecule has 1 aromatic carbocycles. The van der Waals surface area contributed by atoms with E-state index in [2.05, 4.69) is 27.8 Å². The number of carbonyl (C=O) groups excluding carboxylic acids is 1. The zero-order valence-electron chi connectivity index (χ0n) is 17.0. The molecular weight excluding hydrogens is 465 g/mol. The number of guanidine groups is 1. The summed E-state index contributed by atoms with van der Waals surface area (Å²) >= 11 is 0. The molecule has 3 N–H and O–H groups in total. The molecule has 1 saturated heterocycles. The maximum Gasteiger partial charge on any atom is 0.251 e. The zero-order chi connectivity index (χ0) is 19.1. The van der Waals surface area contributed by atoms with Gasteiger partial charge in [0.2, 0.25) is 0 Å². The summed E-state index contributed by atoms with van der Waals surface area (Å²) in [7, 11) is 1.65. The van der Waals surface area contributed by atoms with Gasteiger partial charge in [0, 0.05) is 44.3 Å². The van der Waals surface area contributed by atoms with Gasteiger partial charge in [-0.25, -0.2) is 4.99 Å². The van der Waals surface area contributed by atoms with E-state index in [0.717, 1.165) is 30.7 Å². The number of amides is 1. The van der Waals surface area contributed by atoms with Crippen molar-refractivity contribution in [3.63, 3.8) is 0 Å². The number of halogens is 1. The van der Waals surface area contributed by atoms with Crippen molar-refractivity contribution in [3.8, 4) is 0 Å². The van der Waals surface area contributed by atoms with Crippen LogP contribution in [0.15, 0.2) is 29.3 Å². The van der Waals surface area contributed by atoms with Crippen LogP contribution in [0.2, 0.25) is 0 Å². The van der Waals surface area contributed by atoms with Gasteiger partial charge < -0.3 is 16.0 Å². The van der Waals surface area contributed by atoms with Crippen LogP contribution in [-0.4, -0.2) is 55.5 Å². The van der Waals surface area contributed by atoms with E-state index < -0.39 is 0 Å². The fourth-order valence-corrected chi connectivity index (χ4v) is 4.15. The Morgan fingerprint density at radius 1 is 1.25 bits per heavy atom. The number of hydrogen-bond donors (Lipinski definition) is 3. The molecule has 1 atom stereocenters. The maximum atomic E-state index is 11.8. The molecule has 1 aliphatic heterocycles. The third-order valence-corrected chi connectivity index (χ3v) is 5.58. The summed E-state index contributed by atoms with van der Waals surface area (Å²) in [5.41, 5.74) is 1.71. The van der Waals surface area contributed by atoms with Crippen LogP contribution in [0, 0.1) is 0 Å². The van der Waals surface area contributed by atoms with E-state index >= 15 is 0 Å². The first kappa shape index (κ1) is 22.9. The topological polar surface area (TPSA) is 68.8 Å². The van der Waals surface area contributed by atoms with Crippen LogP contribution in [0.1, 0.15) is 54.9 Å². The summed E-state index contributed by atoms with van der Waals surface area (Å²) in [4.78, 5) is 19.2. The third kappa shape index (κ3) is 6.34. The Hall–Kier alpha value is -1.35. The fraction of sp³-hybridized carbons (Fsp3) is 0.619. The van der Waals surface area contributed by atoms with Gasteiger partial charge in [-0.15, -0.1) is 24.0 Å². The third-order valence-electron chi connectivity index (χ3n) is 5.58. The quantitative estimate of drug-likeness (QED) is 0.320. The first-order chi connectivity index (χ1) is 13.2. The van der Waals surface area contributed by atoms with E-state index in [4.69, 9.17) is 4.99 Å². The second kappa shape index (κ2) is 11.6. The molecule has 0 radical (unpaired) electrons. The van der Waals surface area contributed by atoms with Crippen molar-refractivity contribution in [2.45, 2.75) is 57.7 Å². The van der Waals surface area contributed by atoms with Crippen molar-refractivity contribution in [3.05, 3.63) is 35.4 Å².